The monoisotopic (exact) mass is 292 g/mol. The summed E-state index contributed by atoms with van der Waals surface area (Å²) >= 11 is 0. The summed E-state index contributed by atoms with van der Waals surface area (Å²) < 4.78 is 31.9. The first kappa shape index (κ1) is 15.4. The Kier molecular flexibility index (Phi) is 5.22. The van der Waals surface area contributed by atoms with Crippen LogP contribution in [0.4, 0.5) is 8.78 Å². The van der Waals surface area contributed by atoms with Crippen molar-refractivity contribution in [2.45, 2.75) is 19.4 Å². The second kappa shape index (κ2) is 7.13. The summed E-state index contributed by atoms with van der Waals surface area (Å²) in [7, 11) is 1.57. The minimum Gasteiger partial charge on any atom is -0.495 e. The fourth-order valence-electron chi connectivity index (χ4n) is 2.20. The fourth-order valence-corrected chi connectivity index (χ4v) is 2.20. The highest BCUT2D eigenvalue weighted by molar-refractivity contribution is 5.28. The molecule has 2 aromatic rings. The molecule has 0 bridgehead atoms. The fraction of sp³-hybridized carbons (Fsp3) is 0.312. The van der Waals surface area contributed by atoms with E-state index >= 15 is 0 Å². The zero-order valence-corrected chi connectivity index (χ0v) is 12.1. The quantitative estimate of drug-likeness (QED) is 0.887. The van der Waals surface area contributed by atoms with E-state index in [1.54, 1.807) is 19.5 Å². The average Bonchev–Trinajstić information content (AvgIpc) is 2.49. The number of benzene rings is 1. The molecule has 0 amide bonds. The average molecular weight is 292 g/mol. The number of aromatic nitrogens is 1. The Balaban J connectivity index is 2.25. The molecule has 0 aliphatic heterocycles. The van der Waals surface area contributed by atoms with Crippen LogP contribution in [0, 0.1) is 11.6 Å². The first-order valence-electron chi connectivity index (χ1n) is 6.80. The van der Waals surface area contributed by atoms with E-state index in [1.165, 1.54) is 12.1 Å². The maximum Gasteiger partial charge on any atom is 0.137 e. The predicted molar refractivity (Wildman–Crippen MR) is 77.3 cm³/mol. The molecule has 1 unspecified atom stereocenters. The molecule has 3 nitrogen and oxygen atoms in total. The van der Waals surface area contributed by atoms with Gasteiger partial charge < -0.3 is 10.1 Å². The van der Waals surface area contributed by atoms with Crippen LogP contribution in [0.5, 0.6) is 5.75 Å². The standard InChI is InChI=1S/C16H18F2N2O/c1-3-20-16(12-6-14(21-2)10-19-9-12)7-11-4-5-13(17)8-15(11)18/h4-6,8-10,16,20H,3,7H2,1-2H3. The van der Waals surface area contributed by atoms with Crippen molar-refractivity contribution in [2.75, 3.05) is 13.7 Å². The Bertz CT molecular complexity index is 605. The third kappa shape index (κ3) is 3.98. The lowest BCUT2D eigenvalue weighted by atomic mass is 9.99. The molecule has 1 heterocycles. The SMILES string of the molecule is CCNC(Cc1ccc(F)cc1F)c1cncc(OC)c1. The third-order valence-electron chi connectivity index (χ3n) is 3.26. The number of pyridine rings is 1. The zero-order chi connectivity index (χ0) is 15.2. The summed E-state index contributed by atoms with van der Waals surface area (Å²) in [5.74, 6) is -0.456. The summed E-state index contributed by atoms with van der Waals surface area (Å²) in [4.78, 5) is 4.12. The molecule has 0 saturated heterocycles. The predicted octanol–water partition coefficient (Wildman–Crippen LogP) is 3.26. The Morgan fingerprint density at radius 2 is 2.05 bits per heavy atom. The summed E-state index contributed by atoms with van der Waals surface area (Å²) in [6, 6.07) is 5.40. The highest BCUT2D eigenvalue weighted by Gasteiger charge is 2.15. The van der Waals surface area contributed by atoms with Gasteiger partial charge in [0.2, 0.25) is 0 Å². The number of likely N-dealkylation sites (N-methyl/N-ethyl adjacent to an activating group) is 1. The molecule has 2 rings (SSSR count). The van der Waals surface area contributed by atoms with Gasteiger partial charge in [-0.1, -0.05) is 13.0 Å². The van der Waals surface area contributed by atoms with Crippen LogP contribution in [0.2, 0.25) is 0 Å². The van der Waals surface area contributed by atoms with Crippen molar-refractivity contribution in [1.82, 2.24) is 10.3 Å². The molecular formula is C16H18F2N2O. The Hall–Kier alpha value is -2.01. The van der Waals surface area contributed by atoms with E-state index in [0.29, 0.717) is 17.7 Å². The number of ether oxygens (including phenoxy) is 1. The van der Waals surface area contributed by atoms with Crippen molar-refractivity contribution in [1.29, 1.82) is 0 Å². The van der Waals surface area contributed by atoms with E-state index < -0.39 is 11.6 Å². The van der Waals surface area contributed by atoms with Gasteiger partial charge in [-0.3, -0.25) is 4.98 Å². The van der Waals surface area contributed by atoms with E-state index in [0.717, 1.165) is 18.2 Å². The second-order valence-electron chi connectivity index (χ2n) is 4.71. The van der Waals surface area contributed by atoms with Gasteiger partial charge in [0.25, 0.3) is 0 Å². The van der Waals surface area contributed by atoms with Gasteiger partial charge in [0.15, 0.2) is 0 Å². The topological polar surface area (TPSA) is 34.2 Å². The molecule has 0 fully saturated rings. The third-order valence-corrected chi connectivity index (χ3v) is 3.26. The number of hydrogen-bond donors (Lipinski definition) is 1. The summed E-state index contributed by atoms with van der Waals surface area (Å²) in [5.41, 5.74) is 1.37. The zero-order valence-electron chi connectivity index (χ0n) is 12.1. The number of nitrogens with zero attached hydrogens (tertiary/aromatic N) is 1. The largest absolute Gasteiger partial charge is 0.495 e. The number of hydrogen-bond acceptors (Lipinski definition) is 3. The van der Waals surface area contributed by atoms with Crippen molar-refractivity contribution >= 4 is 0 Å². The van der Waals surface area contributed by atoms with Crippen molar-refractivity contribution in [3.05, 3.63) is 59.4 Å². The lowest BCUT2D eigenvalue weighted by Gasteiger charge is -2.19. The van der Waals surface area contributed by atoms with Crippen LogP contribution in [-0.4, -0.2) is 18.6 Å². The molecule has 0 saturated carbocycles. The molecule has 5 heteroatoms. The Morgan fingerprint density at radius 3 is 2.71 bits per heavy atom. The molecule has 112 valence electrons. The maximum atomic E-state index is 13.8. The molecule has 0 spiro atoms. The highest BCUT2D eigenvalue weighted by Crippen LogP contribution is 2.23. The van der Waals surface area contributed by atoms with Crippen LogP contribution in [0.25, 0.3) is 0 Å². The normalized spacial score (nSPS) is 12.2. The van der Waals surface area contributed by atoms with Crippen molar-refractivity contribution in [2.24, 2.45) is 0 Å². The van der Waals surface area contributed by atoms with Crippen LogP contribution in [0.3, 0.4) is 0 Å². The number of halogens is 2. The van der Waals surface area contributed by atoms with E-state index in [4.69, 9.17) is 4.74 Å². The molecule has 1 aromatic carbocycles. The van der Waals surface area contributed by atoms with Gasteiger partial charge in [-0.25, -0.2) is 8.78 Å². The van der Waals surface area contributed by atoms with E-state index in [9.17, 15) is 8.78 Å². The molecule has 21 heavy (non-hydrogen) atoms. The molecule has 0 radical (unpaired) electrons. The van der Waals surface area contributed by atoms with Crippen LogP contribution in [0.1, 0.15) is 24.1 Å². The van der Waals surface area contributed by atoms with Gasteiger partial charge in [0.05, 0.1) is 13.3 Å². The molecule has 0 aliphatic rings. The van der Waals surface area contributed by atoms with Gasteiger partial charge in [-0.2, -0.15) is 0 Å². The molecule has 1 atom stereocenters. The number of methoxy groups -OCH3 is 1. The Labute approximate surface area is 123 Å². The van der Waals surface area contributed by atoms with Gasteiger partial charge in [0.1, 0.15) is 17.4 Å². The smallest absolute Gasteiger partial charge is 0.137 e. The maximum absolute atomic E-state index is 13.8. The van der Waals surface area contributed by atoms with E-state index in [1.807, 2.05) is 13.0 Å². The lowest BCUT2D eigenvalue weighted by molar-refractivity contribution is 0.410. The molecule has 0 aliphatic carbocycles. The van der Waals surface area contributed by atoms with Crippen LogP contribution >= 0.6 is 0 Å². The van der Waals surface area contributed by atoms with Gasteiger partial charge >= 0.3 is 0 Å². The minimum atomic E-state index is -0.570. The molecule has 1 N–H and O–H groups in total. The van der Waals surface area contributed by atoms with Gasteiger partial charge in [-0.15, -0.1) is 0 Å². The van der Waals surface area contributed by atoms with Gasteiger partial charge in [-0.05, 0) is 36.2 Å². The van der Waals surface area contributed by atoms with Gasteiger partial charge in [0, 0.05) is 18.3 Å². The highest BCUT2D eigenvalue weighted by atomic mass is 19.1. The summed E-state index contributed by atoms with van der Waals surface area (Å²) in [6.07, 6.45) is 3.75. The van der Waals surface area contributed by atoms with Crippen molar-refractivity contribution < 1.29 is 13.5 Å². The van der Waals surface area contributed by atoms with E-state index in [2.05, 4.69) is 10.3 Å². The first-order chi connectivity index (χ1) is 10.1. The van der Waals surface area contributed by atoms with Crippen molar-refractivity contribution in [3.63, 3.8) is 0 Å². The second-order valence-corrected chi connectivity index (χ2v) is 4.71. The summed E-state index contributed by atoms with van der Waals surface area (Å²) in [5, 5.41) is 3.28. The Morgan fingerprint density at radius 1 is 1.24 bits per heavy atom. The van der Waals surface area contributed by atoms with E-state index in [-0.39, 0.29) is 6.04 Å². The van der Waals surface area contributed by atoms with Crippen molar-refractivity contribution in [3.8, 4) is 5.75 Å². The lowest BCUT2D eigenvalue weighted by Crippen LogP contribution is -2.23. The number of nitrogens with one attached hydrogen (secondary N) is 1. The molecular weight excluding hydrogens is 274 g/mol. The summed E-state index contributed by atoms with van der Waals surface area (Å²) in [6.45, 7) is 2.70. The first-order valence-corrected chi connectivity index (χ1v) is 6.80. The number of rotatable bonds is 6. The minimum absolute atomic E-state index is 0.113. The van der Waals surface area contributed by atoms with Crippen LogP contribution < -0.4 is 10.1 Å². The van der Waals surface area contributed by atoms with Crippen LogP contribution in [-0.2, 0) is 6.42 Å². The molecule has 1 aromatic heterocycles. The van der Waals surface area contributed by atoms with Crippen LogP contribution in [0.15, 0.2) is 36.7 Å².